The van der Waals surface area contributed by atoms with Crippen molar-refractivity contribution in [2.45, 2.75) is 33.2 Å². The Morgan fingerprint density at radius 2 is 2.10 bits per heavy atom. The molecule has 1 N–H and O–H groups in total. The monoisotopic (exact) mass is 296 g/mol. The van der Waals surface area contributed by atoms with Gasteiger partial charge in [-0.1, -0.05) is 12.1 Å². The van der Waals surface area contributed by atoms with Crippen LogP contribution < -0.4 is 0 Å². The van der Waals surface area contributed by atoms with Gasteiger partial charge < -0.3 is 19.3 Å². The molecule has 116 valence electrons. The third kappa shape index (κ3) is 2.78. The molecule has 7 heteroatoms. The fraction of sp³-hybridized carbons (Fsp3) is 0.643. The third-order valence-corrected chi connectivity index (χ3v) is 3.85. The van der Waals surface area contributed by atoms with Crippen LogP contribution in [0.1, 0.15) is 35.7 Å². The molecule has 1 saturated heterocycles. The maximum absolute atomic E-state index is 12.8. The molecular formula is C14H20N2O5. The molecular weight excluding hydrogens is 276 g/mol. The van der Waals surface area contributed by atoms with Crippen molar-refractivity contribution in [2.75, 3.05) is 19.8 Å². The van der Waals surface area contributed by atoms with E-state index in [9.17, 15) is 14.7 Å². The molecule has 0 aliphatic carbocycles. The number of aromatic nitrogens is 1. The number of rotatable bonds is 5. The van der Waals surface area contributed by atoms with Gasteiger partial charge in [0.05, 0.1) is 24.9 Å². The minimum atomic E-state index is -0.943. The number of carboxylic acids is 1. The second-order valence-corrected chi connectivity index (χ2v) is 5.05. The predicted molar refractivity (Wildman–Crippen MR) is 73.1 cm³/mol. The van der Waals surface area contributed by atoms with E-state index in [0.29, 0.717) is 30.0 Å². The Balaban J connectivity index is 2.30. The molecule has 2 atom stereocenters. The van der Waals surface area contributed by atoms with Crippen molar-refractivity contribution in [3.8, 4) is 0 Å². The van der Waals surface area contributed by atoms with Gasteiger partial charge in [0.25, 0.3) is 5.91 Å². The SMILES string of the molecule is CCc1noc(C)c1C(=O)N(CC)C1COCC1C(=O)O. The summed E-state index contributed by atoms with van der Waals surface area (Å²) in [6.45, 7) is 6.18. The van der Waals surface area contributed by atoms with Crippen LogP contribution in [0.5, 0.6) is 0 Å². The number of ether oxygens (including phenoxy) is 1. The molecule has 2 heterocycles. The molecule has 0 radical (unpaired) electrons. The fourth-order valence-electron chi connectivity index (χ4n) is 2.69. The predicted octanol–water partition coefficient (Wildman–Crippen LogP) is 1.11. The summed E-state index contributed by atoms with van der Waals surface area (Å²) < 4.78 is 10.3. The number of aryl methyl sites for hydroxylation is 2. The van der Waals surface area contributed by atoms with Crippen LogP contribution in [-0.2, 0) is 16.0 Å². The van der Waals surface area contributed by atoms with Gasteiger partial charge in [-0.2, -0.15) is 0 Å². The van der Waals surface area contributed by atoms with E-state index in [0.717, 1.165) is 0 Å². The lowest BCUT2D eigenvalue weighted by Gasteiger charge is -2.29. The van der Waals surface area contributed by atoms with Crippen LogP contribution in [0, 0.1) is 12.8 Å². The number of carbonyl (C=O) groups excluding carboxylic acids is 1. The lowest BCUT2D eigenvalue weighted by Crippen LogP contribution is -2.46. The number of carbonyl (C=O) groups is 2. The smallest absolute Gasteiger partial charge is 0.311 e. The molecule has 1 aromatic heterocycles. The average molecular weight is 296 g/mol. The minimum Gasteiger partial charge on any atom is -0.481 e. The molecule has 2 rings (SSSR count). The second-order valence-electron chi connectivity index (χ2n) is 5.05. The first-order chi connectivity index (χ1) is 10.0. The molecule has 21 heavy (non-hydrogen) atoms. The van der Waals surface area contributed by atoms with Gasteiger partial charge in [-0.15, -0.1) is 0 Å². The zero-order valence-corrected chi connectivity index (χ0v) is 12.5. The quantitative estimate of drug-likeness (QED) is 0.875. The maximum atomic E-state index is 12.8. The molecule has 0 saturated carbocycles. The average Bonchev–Trinajstić information content (AvgIpc) is 3.06. The Morgan fingerprint density at radius 1 is 1.38 bits per heavy atom. The summed E-state index contributed by atoms with van der Waals surface area (Å²) in [5.74, 6) is -1.42. The lowest BCUT2D eigenvalue weighted by molar-refractivity contribution is -0.142. The third-order valence-electron chi connectivity index (χ3n) is 3.85. The van der Waals surface area contributed by atoms with Gasteiger partial charge in [0.1, 0.15) is 17.2 Å². The van der Waals surface area contributed by atoms with Gasteiger partial charge >= 0.3 is 5.97 Å². The number of nitrogens with zero attached hydrogens (tertiary/aromatic N) is 2. The summed E-state index contributed by atoms with van der Waals surface area (Å²) in [5, 5.41) is 13.1. The molecule has 0 aromatic carbocycles. The van der Waals surface area contributed by atoms with Crippen molar-refractivity contribution in [3.05, 3.63) is 17.0 Å². The van der Waals surface area contributed by atoms with Crippen LogP contribution in [0.2, 0.25) is 0 Å². The van der Waals surface area contributed by atoms with E-state index < -0.39 is 17.9 Å². The number of aliphatic carboxylic acids is 1. The fourth-order valence-corrected chi connectivity index (χ4v) is 2.69. The highest BCUT2D eigenvalue weighted by molar-refractivity contribution is 5.96. The Hall–Kier alpha value is -1.89. The lowest BCUT2D eigenvalue weighted by atomic mass is 10.0. The van der Waals surface area contributed by atoms with E-state index >= 15 is 0 Å². The van der Waals surface area contributed by atoms with E-state index in [1.165, 1.54) is 0 Å². The van der Waals surface area contributed by atoms with Crippen molar-refractivity contribution < 1.29 is 24.0 Å². The Labute approximate surface area is 122 Å². The highest BCUT2D eigenvalue weighted by Gasteiger charge is 2.40. The number of hydrogen-bond acceptors (Lipinski definition) is 5. The maximum Gasteiger partial charge on any atom is 0.311 e. The summed E-state index contributed by atoms with van der Waals surface area (Å²) in [6.07, 6.45) is 0.583. The van der Waals surface area contributed by atoms with Crippen LogP contribution in [0.3, 0.4) is 0 Å². The largest absolute Gasteiger partial charge is 0.481 e. The van der Waals surface area contributed by atoms with Gasteiger partial charge in [0, 0.05) is 6.54 Å². The van der Waals surface area contributed by atoms with E-state index in [1.807, 2.05) is 13.8 Å². The van der Waals surface area contributed by atoms with Gasteiger partial charge in [-0.05, 0) is 20.3 Å². The molecule has 0 bridgehead atoms. The number of amides is 1. The second kappa shape index (κ2) is 6.26. The molecule has 1 amide bonds. The van der Waals surface area contributed by atoms with E-state index in [2.05, 4.69) is 5.16 Å². The molecule has 0 spiro atoms. The number of carboxylic acid groups (broad SMARTS) is 1. The Bertz CT molecular complexity index is 539. The highest BCUT2D eigenvalue weighted by Crippen LogP contribution is 2.24. The molecule has 1 aliphatic rings. The molecule has 1 fully saturated rings. The normalized spacial score (nSPS) is 21.5. The van der Waals surface area contributed by atoms with Gasteiger partial charge in [-0.25, -0.2) is 0 Å². The number of hydrogen-bond donors (Lipinski definition) is 1. The summed E-state index contributed by atoms with van der Waals surface area (Å²) >= 11 is 0. The standard InChI is InChI=1S/C14H20N2O5/c1-4-10-12(8(3)21-15-10)13(17)16(5-2)11-7-20-6-9(11)14(18)19/h9,11H,4-7H2,1-3H3,(H,18,19). The van der Waals surface area contributed by atoms with Crippen molar-refractivity contribution in [1.82, 2.24) is 10.1 Å². The summed E-state index contributed by atoms with van der Waals surface area (Å²) in [7, 11) is 0. The summed E-state index contributed by atoms with van der Waals surface area (Å²) in [5.41, 5.74) is 1.04. The van der Waals surface area contributed by atoms with Gasteiger partial charge in [0.2, 0.25) is 0 Å². The minimum absolute atomic E-state index is 0.132. The van der Waals surface area contributed by atoms with Crippen LogP contribution in [0.25, 0.3) is 0 Å². The van der Waals surface area contributed by atoms with E-state index in [-0.39, 0.29) is 19.1 Å². The summed E-state index contributed by atoms with van der Waals surface area (Å²) in [6, 6.07) is -0.459. The Morgan fingerprint density at radius 3 is 2.67 bits per heavy atom. The molecule has 7 nitrogen and oxygen atoms in total. The van der Waals surface area contributed by atoms with Crippen molar-refractivity contribution in [3.63, 3.8) is 0 Å². The zero-order chi connectivity index (χ0) is 15.6. The van der Waals surface area contributed by atoms with Crippen molar-refractivity contribution in [2.24, 2.45) is 5.92 Å². The number of likely N-dealkylation sites (N-methyl/N-ethyl adjacent to an activating group) is 1. The first-order valence-corrected chi connectivity index (χ1v) is 7.07. The first-order valence-electron chi connectivity index (χ1n) is 7.07. The molecule has 1 aromatic rings. The van der Waals surface area contributed by atoms with Gasteiger partial charge in [0.15, 0.2) is 0 Å². The highest BCUT2D eigenvalue weighted by atomic mass is 16.5. The summed E-state index contributed by atoms with van der Waals surface area (Å²) in [4.78, 5) is 25.6. The molecule has 1 aliphatic heterocycles. The van der Waals surface area contributed by atoms with Crippen LogP contribution in [-0.4, -0.2) is 52.8 Å². The Kier molecular flexibility index (Phi) is 4.62. The van der Waals surface area contributed by atoms with Crippen LogP contribution >= 0.6 is 0 Å². The topological polar surface area (TPSA) is 92.9 Å². The molecule has 2 unspecified atom stereocenters. The van der Waals surface area contributed by atoms with E-state index in [4.69, 9.17) is 9.26 Å². The zero-order valence-electron chi connectivity index (χ0n) is 12.5. The van der Waals surface area contributed by atoms with Crippen LogP contribution in [0.15, 0.2) is 4.52 Å². The van der Waals surface area contributed by atoms with Crippen LogP contribution in [0.4, 0.5) is 0 Å². The first kappa shape index (κ1) is 15.5. The van der Waals surface area contributed by atoms with Crippen molar-refractivity contribution in [1.29, 1.82) is 0 Å². The van der Waals surface area contributed by atoms with Gasteiger partial charge in [-0.3, -0.25) is 9.59 Å². The van der Waals surface area contributed by atoms with Crippen molar-refractivity contribution >= 4 is 11.9 Å². The van der Waals surface area contributed by atoms with E-state index in [1.54, 1.807) is 11.8 Å².